The summed E-state index contributed by atoms with van der Waals surface area (Å²) in [6, 6.07) is 22.1. The average molecular weight is 389 g/mol. The second kappa shape index (κ2) is 6.32. The van der Waals surface area contributed by atoms with Crippen LogP contribution in [0.4, 0.5) is 5.69 Å². The van der Waals surface area contributed by atoms with Gasteiger partial charge in [-0.05, 0) is 86.2 Å². The van der Waals surface area contributed by atoms with Crippen LogP contribution >= 0.6 is 12.2 Å². The number of thiocarbonyl (C=S) groups is 1. The quantitative estimate of drug-likeness (QED) is 0.613. The van der Waals surface area contributed by atoms with Crippen LogP contribution in [0.3, 0.4) is 0 Å². The third-order valence-corrected chi connectivity index (χ3v) is 8.32. The molecule has 1 aliphatic heterocycles. The topological polar surface area (TPSA) is 6.48 Å². The van der Waals surface area contributed by atoms with E-state index in [1.807, 2.05) is 0 Å². The number of para-hydroxylation sites is 1. The van der Waals surface area contributed by atoms with Gasteiger partial charge in [0, 0.05) is 17.8 Å². The zero-order valence-electron chi connectivity index (χ0n) is 16.3. The average Bonchev–Trinajstić information content (AvgIpc) is 3.06. The van der Waals surface area contributed by atoms with Gasteiger partial charge in [-0.25, -0.2) is 0 Å². The molecule has 7 rings (SSSR count). The number of nitrogens with zero attached hydrogens (tertiary/aromatic N) is 2. The lowest BCUT2D eigenvalue weighted by Crippen LogP contribution is -2.60. The largest absolute Gasteiger partial charge is 0.341 e. The van der Waals surface area contributed by atoms with Gasteiger partial charge in [-0.1, -0.05) is 48.5 Å². The molecule has 4 bridgehead atoms. The van der Waals surface area contributed by atoms with E-state index in [1.165, 1.54) is 49.8 Å². The second-order valence-corrected chi connectivity index (χ2v) is 10.0. The van der Waals surface area contributed by atoms with Crippen LogP contribution in [-0.2, 0) is 0 Å². The first-order valence-corrected chi connectivity index (χ1v) is 11.3. The highest BCUT2D eigenvalue weighted by Gasteiger charge is 2.56. The number of anilines is 1. The maximum absolute atomic E-state index is 6.21. The van der Waals surface area contributed by atoms with Crippen molar-refractivity contribution in [2.45, 2.75) is 50.1 Å². The summed E-state index contributed by atoms with van der Waals surface area (Å²) in [4.78, 5) is 5.11. The second-order valence-electron chi connectivity index (χ2n) is 9.67. The smallest absolute Gasteiger partial charge is 0.177 e. The van der Waals surface area contributed by atoms with Crippen LogP contribution in [0, 0.1) is 17.8 Å². The summed E-state index contributed by atoms with van der Waals surface area (Å²) in [6.45, 7) is 1.03. The van der Waals surface area contributed by atoms with Crippen molar-refractivity contribution in [2.75, 3.05) is 11.4 Å². The summed E-state index contributed by atoms with van der Waals surface area (Å²) < 4.78 is 0. The Labute approximate surface area is 173 Å². The van der Waals surface area contributed by atoms with Crippen molar-refractivity contribution in [3.05, 3.63) is 66.2 Å². The molecule has 4 aliphatic carbocycles. The van der Waals surface area contributed by atoms with Gasteiger partial charge in [-0.3, -0.25) is 0 Å². The fourth-order valence-electron chi connectivity index (χ4n) is 7.20. The molecule has 4 saturated carbocycles. The van der Waals surface area contributed by atoms with Crippen LogP contribution in [-0.4, -0.2) is 22.1 Å². The number of hydrogen-bond acceptors (Lipinski definition) is 1. The Kier molecular flexibility index (Phi) is 3.84. The van der Waals surface area contributed by atoms with Gasteiger partial charge < -0.3 is 9.80 Å². The van der Waals surface area contributed by atoms with Crippen LogP contribution in [0.5, 0.6) is 0 Å². The van der Waals surface area contributed by atoms with Gasteiger partial charge in [0.2, 0.25) is 0 Å². The van der Waals surface area contributed by atoms with Crippen molar-refractivity contribution in [1.29, 1.82) is 0 Å². The predicted molar refractivity (Wildman–Crippen MR) is 118 cm³/mol. The van der Waals surface area contributed by atoms with E-state index < -0.39 is 0 Å². The summed E-state index contributed by atoms with van der Waals surface area (Å²) >= 11 is 6.21. The van der Waals surface area contributed by atoms with Gasteiger partial charge in [-0.15, -0.1) is 0 Å². The molecule has 2 aromatic carbocycles. The maximum Gasteiger partial charge on any atom is 0.177 e. The first kappa shape index (κ1) is 17.0. The summed E-state index contributed by atoms with van der Waals surface area (Å²) in [7, 11) is 0. The third-order valence-electron chi connectivity index (χ3n) is 7.90. The van der Waals surface area contributed by atoms with E-state index in [1.54, 1.807) is 0 Å². The molecule has 0 radical (unpaired) electrons. The summed E-state index contributed by atoms with van der Waals surface area (Å²) in [5.74, 6) is 2.82. The fraction of sp³-hybridized carbons (Fsp3) is 0.480. The van der Waals surface area contributed by atoms with Crippen molar-refractivity contribution >= 4 is 23.0 Å². The fourth-order valence-corrected chi connectivity index (χ4v) is 7.70. The van der Waals surface area contributed by atoms with Gasteiger partial charge in [0.05, 0.1) is 6.04 Å². The highest BCUT2D eigenvalue weighted by atomic mass is 32.1. The molecular weight excluding hydrogens is 360 g/mol. The molecule has 0 spiro atoms. The van der Waals surface area contributed by atoms with Crippen LogP contribution < -0.4 is 4.90 Å². The van der Waals surface area contributed by atoms with Gasteiger partial charge in [0.25, 0.3) is 0 Å². The molecule has 144 valence electrons. The lowest BCUT2D eigenvalue weighted by atomic mass is 9.52. The SMILES string of the molecule is S=C1N(c2ccccc2)[C@@H](c2ccccc2)CN1C12CC3CC(CC(C3)C1)C2. The van der Waals surface area contributed by atoms with E-state index in [0.717, 1.165) is 29.4 Å². The highest BCUT2D eigenvalue weighted by Crippen LogP contribution is 2.59. The molecule has 0 aromatic heterocycles. The van der Waals surface area contributed by atoms with E-state index in [9.17, 15) is 0 Å². The highest BCUT2D eigenvalue weighted by molar-refractivity contribution is 7.80. The maximum atomic E-state index is 6.21. The molecule has 0 amide bonds. The Morgan fingerprint density at radius 3 is 1.86 bits per heavy atom. The van der Waals surface area contributed by atoms with Gasteiger partial charge in [0.15, 0.2) is 5.11 Å². The van der Waals surface area contributed by atoms with Crippen LogP contribution in [0.25, 0.3) is 0 Å². The summed E-state index contributed by atoms with van der Waals surface area (Å²) in [6.07, 6.45) is 8.52. The lowest BCUT2D eigenvalue weighted by molar-refractivity contribution is -0.0589. The van der Waals surface area contributed by atoms with Crippen molar-refractivity contribution in [3.8, 4) is 0 Å². The molecule has 3 heteroatoms. The minimum absolute atomic E-state index is 0.309. The van der Waals surface area contributed by atoms with Gasteiger partial charge in [-0.2, -0.15) is 0 Å². The van der Waals surface area contributed by atoms with Gasteiger partial charge in [0.1, 0.15) is 0 Å². The van der Waals surface area contributed by atoms with Gasteiger partial charge >= 0.3 is 0 Å². The number of rotatable bonds is 3. The summed E-state index contributed by atoms with van der Waals surface area (Å²) in [5.41, 5.74) is 2.93. The van der Waals surface area contributed by atoms with E-state index >= 15 is 0 Å². The molecule has 28 heavy (non-hydrogen) atoms. The predicted octanol–water partition coefficient (Wildman–Crippen LogP) is 5.80. The van der Waals surface area contributed by atoms with E-state index in [0.29, 0.717) is 11.6 Å². The van der Waals surface area contributed by atoms with Crippen molar-refractivity contribution < 1.29 is 0 Å². The Balaban J connectivity index is 1.41. The monoisotopic (exact) mass is 388 g/mol. The Bertz CT molecular complexity index is 843. The van der Waals surface area contributed by atoms with Crippen molar-refractivity contribution in [2.24, 2.45) is 17.8 Å². The Morgan fingerprint density at radius 2 is 1.29 bits per heavy atom. The molecular formula is C25H28N2S. The molecule has 1 atom stereocenters. The van der Waals surface area contributed by atoms with Crippen LogP contribution in [0.1, 0.15) is 50.1 Å². The molecule has 5 aliphatic rings. The molecule has 0 N–H and O–H groups in total. The minimum Gasteiger partial charge on any atom is -0.341 e. The molecule has 1 heterocycles. The normalized spacial score (nSPS) is 36.4. The van der Waals surface area contributed by atoms with Crippen LogP contribution in [0.15, 0.2) is 60.7 Å². The molecule has 2 nitrogen and oxygen atoms in total. The first-order chi connectivity index (χ1) is 13.7. The third kappa shape index (κ3) is 2.55. The molecule has 5 fully saturated rings. The van der Waals surface area contributed by atoms with Crippen molar-refractivity contribution in [3.63, 3.8) is 0 Å². The minimum atomic E-state index is 0.309. The lowest BCUT2D eigenvalue weighted by Gasteiger charge is -2.60. The number of hydrogen-bond donors (Lipinski definition) is 0. The first-order valence-electron chi connectivity index (χ1n) is 10.9. The Hall–Kier alpha value is -1.87. The standard InChI is InChI=1S/C25H28N2S/c28-24-26(25-14-18-11-19(15-25)13-20(12-18)16-25)17-23(21-7-3-1-4-8-21)27(24)22-9-5-2-6-10-22/h1-10,18-20,23H,11-17H2/t18?,19?,20?,23-,25?/m1/s1. The van der Waals surface area contributed by atoms with Crippen LogP contribution in [0.2, 0.25) is 0 Å². The van der Waals surface area contributed by atoms with E-state index in [2.05, 4.69) is 70.5 Å². The van der Waals surface area contributed by atoms with E-state index in [4.69, 9.17) is 12.2 Å². The molecule has 2 aromatic rings. The van der Waals surface area contributed by atoms with E-state index in [-0.39, 0.29) is 0 Å². The number of benzene rings is 2. The summed E-state index contributed by atoms with van der Waals surface area (Å²) in [5, 5.41) is 1.06. The van der Waals surface area contributed by atoms with Crippen molar-refractivity contribution in [1.82, 2.24) is 4.90 Å². The molecule has 1 saturated heterocycles. The molecule has 0 unspecified atom stereocenters. The Morgan fingerprint density at radius 1 is 0.750 bits per heavy atom. The zero-order chi connectivity index (χ0) is 18.7. The zero-order valence-corrected chi connectivity index (χ0v) is 17.2.